The van der Waals surface area contributed by atoms with Crippen molar-refractivity contribution in [2.24, 2.45) is 5.73 Å². The van der Waals surface area contributed by atoms with Gasteiger partial charge in [-0.05, 0) is 25.7 Å². The number of rotatable bonds is 2. The van der Waals surface area contributed by atoms with E-state index in [1.54, 1.807) is 4.90 Å². The van der Waals surface area contributed by atoms with Gasteiger partial charge in [-0.1, -0.05) is 0 Å². The largest absolute Gasteiger partial charge is 0.368 e. The Morgan fingerprint density at radius 1 is 1.11 bits per heavy atom. The van der Waals surface area contributed by atoms with Crippen LogP contribution in [-0.2, 0) is 14.3 Å². The van der Waals surface area contributed by atoms with Crippen molar-refractivity contribution in [1.29, 1.82) is 0 Å². The standard InChI is InChI=1S/C13H21N3O3/c14-13(3-4-13)12(18)16-7-5-15(6-8-16)11(17)10-2-1-9-19-10/h10H,1-9,14H2. The molecule has 2 amide bonds. The van der Waals surface area contributed by atoms with Gasteiger partial charge in [-0.2, -0.15) is 0 Å². The number of nitrogens with zero attached hydrogens (tertiary/aromatic N) is 2. The first kappa shape index (κ1) is 12.9. The smallest absolute Gasteiger partial charge is 0.251 e. The molecule has 0 bridgehead atoms. The summed E-state index contributed by atoms with van der Waals surface area (Å²) < 4.78 is 5.41. The minimum absolute atomic E-state index is 0.0525. The fourth-order valence-electron chi connectivity index (χ4n) is 2.77. The van der Waals surface area contributed by atoms with Crippen LogP contribution in [-0.4, -0.2) is 66.0 Å². The van der Waals surface area contributed by atoms with Crippen LogP contribution in [0.5, 0.6) is 0 Å². The third-order valence-corrected chi connectivity index (χ3v) is 4.30. The number of ether oxygens (including phenoxy) is 1. The van der Waals surface area contributed by atoms with E-state index >= 15 is 0 Å². The summed E-state index contributed by atoms with van der Waals surface area (Å²) in [6.45, 7) is 3.07. The van der Waals surface area contributed by atoms with Crippen molar-refractivity contribution in [3.8, 4) is 0 Å². The molecule has 6 nitrogen and oxygen atoms in total. The molecule has 0 aromatic carbocycles. The fourth-order valence-corrected chi connectivity index (χ4v) is 2.77. The lowest BCUT2D eigenvalue weighted by Gasteiger charge is -2.36. The molecule has 2 N–H and O–H groups in total. The number of nitrogens with two attached hydrogens (primary N) is 1. The zero-order valence-electron chi connectivity index (χ0n) is 11.1. The molecular weight excluding hydrogens is 246 g/mol. The molecule has 2 saturated heterocycles. The maximum absolute atomic E-state index is 12.2. The van der Waals surface area contributed by atoms with E-state index < -0.39 is 5.54 Å². The van der Waals surface area contributed by atoms with Gasteiger partial charge in [0.2, 0.25) is 5.91 Å². The van der Waals surface area contributed by atoms with Gasteiger partial charge in [-0.15, -0.1) is 0 Å². The van der Waals surface area contributed by atoms with Crippen molar-refractivity contribution in [2.45, 2.75) is 37.3 Å². The Kier molecular flexibility index (Phi) is 3.22. The lowest BCUT2D eigenvalue weighted by atomic mass is 10.2. The Labute approximate surface area is 112 Å². The number of piperazine rings is 1. The van der Waals surface area contributed by atoms with Gasteiger partial charge in [0.15, 0.2) is 0 Å². The molecule has 0 aromatic rings. The maximum Gasteiger partial charge on any atom is 0.251 e. The highest BCUT2D eigenvalue weighted by Crippen LogP contribution is 2.34. The Morgan fingerprint density at radius 2 is 1.74 bits per heavy atom. The summed E-state index contributed by atoms with van der Waals surface area (Å²) in [5.41, 5.74) is 5.33. The van der Waals surface area contributed by atoms with Crippen molar-refractivity contribution in [1.82, 2.24) is 9.80 Å². The van der Waals surface area contributed by atoms with Gasteiger partial charge >= 0.3 is 0 Å². The normalized spacial score (nSPS) is 29.4. The summed E-state index contributed by atoms with van der Waals surface area (Å²) in [4.78, 5) is 27.9. The first-order valence-electron chi connectivity index (χ1n) is 7.09. The number of amides is 2. The Bertz CT molecular complexity index is 381. The molecule has 106 valence electrons. The van der Waals surface area contributed by atoms with Crippen LogP contribution in [0.4, 0.5) is 0 Å². The fraction of sp³-hybridized carbons (Fsp3) is 0.846. The van der Waals surface area contributed by atoms with E-state index in [4.69, 9.17) is 10.5 Å². The van der Waals surface area contributed by atoms with Crippen LogP contribution in [0.1, 0.15) is 25.7 Å². The predicted octanol–water partition coefficient (Wildman–Crippen LogP) is -0.672. The van der Waals surface area contributed by atoms with Gasteiger partial charge in [0, 0.05) is 32.8 Å². The molecule has 1 atom stereocenters. The maximum atomic E-state index is 12.2. The summed E-state index contributed by atoms with van der Waals surface area (Å²) in [5, 5.41) is 0. The van der Waals surface area contributed by atoms with Crippen molar-refractivity contribution >= 4 is 11.8 Å². The second-order valence-corrected chi connectivity index (χ2v) is 5.78. The van der Waals surface area contributed by atoms with Crippen LogP contribution < -0.4 is 5.73 Å². The highest BCUT2D eigenvalue weighted by atomic mass is 16.5. The molecule has 3 rings (SSSR count). The van der Waals surface area contributed by atoms with Crippen molar-refractivity contribution < 1.29 is 14.3 Å². The summed E-state index contributed by atoms with van der Waals surface area (Å²) in [6, 6.07) is 0. The summed E-state index contributed by atoms with van der Waals surface area (Å²) in [5.74, 6) is 0.134. The number of carbonyl (C=O) groups excluding carboxylic acids is 2. The molecule has 2 heterocycles. The van der Waals surface area contributed by atoms with Gasteiger partial charge in [0.25, 0.3) is 5.91 Å². The van der Waals surface area contributed by atoms with E-state index in [2.05, 4.69) is 0 Å². The summed E-state index contributed by atoms with van der Waals surface area (Å²) in [7, 11) is 0. The molecule has 0 spiro atoms. The van der Waals surface area contributed by atoms with E-state index in [1.807, 2.05) is 4.90 Å². The molecule has 1 unspecified atom stereocenters. The summed E-state index contributed by atoms with van der Waals surface area (Å²) >= 11 is 0. The first-order valence-corrected chi connectivity index (χ1v) is 7.09. The quantitative estimate of drug-likeness (QED) is 0.720. The number of carbonyl (C=O) groups is 2. The van der Waals surface area contributed by atoms with Crippen molar-refractivity contribution in [2.75, 3.05) is 32.8 Å². The highest BCUT2D eigenvalue weighted by molar-refractivity contribution is 5.89. The van der Waals surface area contributed by atoms with E-state index in [1.165, 1.54) is 0 Å². The molecule has 2 aliphatic heterocycles. The van der Waals surface area contributed by atoms with Crippen molar-refractivity contribution in [3.05, 3.63) is 0 Å². The van der Waals surface area contributed by atoms with Gasteiger partial charge in [0.05, 0.1) is 5.54 Å². The Morgan fingerprint density at radius 3 is 2.26 bits per heavy atom. The van der Waals surface area contributed by atoms with Crippen molar-refractivity contribution in [3.63, 3.8) is 0 Å². The zero-order valence-corrected chi connectivity index (χ0v) is 11.1. The van der Waals surface area contributed by atoms with Crippen LogP contribution >= 0.6 is 0 Å². The van der Waals surface area contributed by atoms with Gasteiger partial charge in [-0.25, -0.2) is 0 Å². The predicted molar refractivity (Wildman–Crippen MR) is 68.3 cm³/mol. The number of hydrogen-bond acceptors (Lipinski definition) is 4. The second kappa shape index (κ2) is 4.76. The summed E-state index contributed by atoms with van der Waals surface area (Å²) in [6.07, 6.45) is 3.11. The van der Waals surface area contributed by atoms with E-state index in [0.29, 0.717) is 32.8 Å². The highest BCUT2D eigenvalue weighted by Gasteiger charge is 2.48. The molecule has 19 heavy (non-hydrogen) atoms. The average molecular weight is 267 g/mol. The molecule has 0 radical (unpaired) electrons. The Hall–Kier alpha value is -1.14. The number of hydrogen-bond donors (Lipinski definition) is 1. The Balaban J connectivity index is 1.51. The van der Waals surface area contributed by atoms with Crippen LogP contribution in [0.3, 0.4) is 0 Å². The SMILES string of the molecule is NC1(C(=O)N2CCN(C(=O)C3CCCO3)CC2)CC1. The topological polar surface area (TPSA) is 75.9 Å². The van der Waals surface area contributed by atoms with Crippen LogP contribution in [0.25, 0.3) is 0 Å². The minimum atomic E-state index is -0.596. The van der Waals surface area contributed by atoms with Crippen LogP contribution in [0.2, 0.25) is 0 Å². The third kappa shape index (κ3) is 2.47. The van der Waals surface area contributed by atoms with Crippen LogP contribution in [0, 0.1) is 0 Å². The molecule has 0 aromatic heterocycles. The molecule has 6 heteroatoms. The molecule has 3 aliphatic rings. The molecule has 1 saturated carbocycles. The van der Waals surface area contributed by atoms with E-state index in [0.717, 1.165) is 25.7 Å². The zero-order chi connectivity index (χ0) is 13.5. The third-order valence-electron chi connectivity index (χ3n) is 4.30. The molecule has 1 aliphatic carbocycles. The second-order valence-electron chi connectivity index (χ2n) is 5.78. The molecular formula is C13H21N3O3. The lowest BCUT2D eigenvalue weighted by molar-refractivity contribution is -0.146. The minimum Gasteiger partial charge on any atom is -0.368 e. The van der Waals surface area contributed by atoms with Gasteiger partial charge < -0.3 is 20.3 Å². The average Bonchev–Trinajstić information content (AvgIpc) is 2.97. The van der Waals surface area contributed by atoms with E-state index in [9.17, 15) is 9.59 Å². The first-order chi connectivity index (χ1) is 9.10. The van der Waals surface area contributed by atoms with Gasteiger partial charge in [-0.3, -0.25) is 9.59 Å². The lowest BCUT2D eigenvalue weighted by Crippen LogP contribution is -2.56. The molecule has 3 fully saturated rings. The van der Waals surface area contributed by atoms with Crippen LogP contribution in [0.15, 0.2) is 0 Å². The van der Waals surface area contributed by atoms with Gasteiger partial charge in [0.1, 0.15) is 6.10 Å². The monoisotopic (exact) mass is 267 g/mol. The van der Waals surface area contributed by atoms with E-state index in [-0.39, 0.29) is 17.9 Å².